The Morgan fingerprint density at radius 3 is 2.32 bits per heavy atom. The molecule has 0 spiro atoms. The molecule has 0 aliphatic carbocycles. The van der Waals surface area contributed by atoms with E-state index in [0.717, 1.165) is 11.1 Å². The number of thiophene rings is 1. The van der Waals surface area contributed by atoms with Gasteiger partial charge in [-0.15, -0.1) is 11.3 Å². The van der Waals surface area contributed by atoms with Crippen LogP contribution in [-0.2, 0) is 14.8 Å². The van der Waals surface area contributed by atoms with E-state index in [4.69, 9.17) is 16.3 Å². The number of carboxylic acids is 1. The summed E-state index contributed by atoms with van der Waals surface area (Å²) < 4.78 is 30.7. The van der Waals surface area contributed by atoms with E-state index in [1.807, 2.05) is 6.92 Å². The van der Waals surface area contributed by atoms with Crippen LogP contribution < -0.4 is 14.8 Å². The zero-order chi connectivity index (χ0) is 25.3. The van der Waals surface area contributed by atoms with Crippen molar-refractivity contribution in [3.63, 3.8) is 0 Å². The number of rotatable bonds is 8. The highest BCUT2D eigenvalue weighted by Gasteiger charge is 2.29. The lowest BCUT2D eigenvalue weighted by Gasteiger charge is -2.20. The molecule has 3 aromatic rings. The van der Waals surface area contributed by atoms with Gasteiger partial charge >= 0.3 is 5.97 Å². The van der Waals surface area contributed by atoms with Crippen molar-refractivity contribution in [2.24, 2.45) is 0 Å². The van der Waals surface area contributed by atoms with E-state index in [9.17, 15) is 23.1 Å². The lowest BCUT2D eigenvalue weighted by Crippen LogP contribution is -2.37. The van der Waals surface area contributed by atoms with Gasteiger partial charge in [0.2, 0.25) is 10.0 Å². The van der Waals surface area contributed by atoms with Crippen LogP contribution in [0.4, 0.5) is 11.4 Å². The van der Waals surface area contributed by atoms with Crippen LogP contribution in [0.5, 0.6) is 5.75 Å². The van der Waals surface area contributed by atoms with Gasteiger partial charge in [0, 0.05) is 21.2 Å². The summed E-state index contributed by atoms with van der Waals surface area (Å²) >= 11 is 7.27. The Kier molecular flexibility index (Phi) is 7.15. The molecule has 0 fully saturated rings. The number of hydrogen-bond acceptors (Lipinski definition) is 8. The summed E-state index contributed by atoms with van der Waals surface area (Å²) in [5.74, 6) is -1.01. The molecule has 0 unspecified atom stereocenters. The molecule has 180 valence electrons. The second kappa shape index (κ2) is 9.57. The minimum absolute atomic E-state index is 0.196. The summed E-state index contributed by atoms with van der Waals surface area (Å²) in [6.45, 7) is 4.64. The Bertz CT molecular complexity index is 1350. The average Bonchev–Trinajstić information content (AvgIpc) is 3.08. The summed E-state index contributed by atoms with van der Waals surface area (Å²) in [4.78, 5) is 33.6. The maximum absolute atomic E-state index is 12.8. The van der Waals surface area contributed by atoms with E-state index in [1.165, 1.54) is 55.8 Å². The molecular formula is C21H21ClN4O6S2. The highest BCUT2D eigenvalue weighted by Crippen LogP contribution is 2.31. The van der Waals surface area contributed by atoms with Crippen LogP contribution in [0.3, 0.4) is 0 Å². The van der Waals surface area contributed by atoms with Crippen LogP contribution in [-0.4, -0.2) is 47.2 Å². The third-order valence-corrected chi connectivity index (χ3v) is 6.23. The van der Waals surface area contributed by atoms with Gasteiger partial charge in [-0.3, -0.25) is 9.52 Å². The van der Waals surface area contributed by atoms with E-state index in [1.54, 1.807) is 6.07 Å². The molecule has 3 rings (SSSR count). The monoisotopic (exact) mass is 524 g/mol. The van der Waals surface area contributed by atoms with Crippen LogP contribution in [0, 0.1) is 6.92 Å². The maximum Gasteiger partial charge on any atom is 0.347 e. The molecule has 10 nitrogen and oxygen atoms in total. The van der Waals surface area contributed by atoms with E-state index >= 15 is 0 Å². The number of aryl methyl sites for hydroxylation is 1. The smallest absolute Gasteiger partial charge is 0.347 e. The van der Waals surface area contributed by atoms with Crippen molar-refractivity contribution in [2.75, 3.05) is 16.3 Å². The number of nitrogens with one attached hydrogen (secondary N) is 2. The van der Waals surface area contributed by atoms with Crippen molar-refractivity contribution < 1.29 is 27.9 Å². The van der Waals surface area contributed by atoms with Crippen molar-refractivity contribution in [2.45, 2.75) is 26.4 Å². The number of hydrogen-bond donors (Lipinski definition) is 3. The molecule has 2 aromatic heterocycles. The number of carboxylic acid groups (broad SMARTS) is 1. The van der Waals surface area contributed by atoms with Crippen molar-refractivity contribution >= 4 is 56.2 Å². The number of halogens is 1. The number of ether oxygens (including phenoxy) is 1. The first kappa shape index (κ1) is 25.4. The van der Waals surface area contributed by atoms with Gasteiger partial charge in [0.1, 0.15) is 0 Å². The topological polar surface area (TPSA) is 148 Å². The van der Waals surface area contributed by atoms with Gasteiger partial charge in [0.05, 0.1) is 29.2 Å². The number of carbonyl (C=O) groups is 2. The largest absolute Gasteiger partial charge is 0.478 e. The number of nitrogens with zero attached hydrogens (tertiary/aromatic N) is 2. The number of anilines is 2. The van der Waals surface area contributed by atoms with Crippen LogP contribution in [0.2, 0.25) is 5.02 Å². The van der Waals surface area contributed by atoms with Crippen molar-refractivity contribution in [1.29, 1.82) is 0 Å². The van der Waals surface area contributed by atoms with Gasteiger partial charge in [-0.25, -0.2) is 23.2 Å². The molecule has 0 atom stereocenters. The number of sulfonamides is 1. The molecule has 1 amide bonds. The van der Waals surface area contributed by atoms with Crippen LogP contribution >= 0.6 is 22.9 Å². The molecule has 0 aliphatic rings. The SMILES string of the molecule is Cc1sc(C(=O)Nc2cc(Cl)cc(NS(C)(=O)=O)c2)cc1-c1ncc(OC(C)(C)C(=O)O)cn1. The fourth-order valence-electron chi connectivity index (χ4n) is 2.79. The third-order valence-electron chi connectivity index (χ3n) is 4.36. The third kappa shape index (κ3) is 6.43. The number of aliphatic carboxylic acids is 1. The quantitative estimate of drug-likeness (QED) is 0.400. The number of carbonyl (C=O) groups excluding carboxylic acids is 1. The summed E-state index contributed by atoms with van der Waals surface area (Å²) in [6, 6.07) is 6.00. The molecule has 34 heavy (non-hydrogen) atoms. The Hall–Kier alpha value is -3.22. The first-order chi connectivity index (χ1) is 15.7. The van der Waals surface area contributed by atoms with E-state index in [2.05, 4.69) is 20.0 Å². The van der Waals surface area contributed by atoms with Gasteiger partial charge in [-0.05, 0) is 45.0 Å². The Balaban J connectivity index is 1.78. The Labute approximate surface area is 205 Å². The predicted octanol–water partition coefficient (Wildman–Crippen LogP) is 4.03. The average molecular weight is 525 g/mol. The fourth-order valence-corrected chi connectivity index (χ4v) is 4.48. The van der Waals surface area contributed by atoms with Crippen molar-refractivity contribution in [3.8, 4) is 17.1 Å². The second-order valence-corrected chi connectivity index (χ2v) is 11.2. The molecule has 0 saturated carbocycles. The first-order valence-corrected chi connectivity index (χ1v) is 12.8. The highest BCUT2D eigenvalue weighted by molar-refractivity contribution is 7.92. The second-order valence-electron chi connectivity index (χ2n) is 7.80. The van der Waals surface area contributed by atoms with Crippen LogP contribution in [0.1, 0.15) is 28.4 Å². The molecule has 1 aromatic carbocycles. The van der Waals surface area contributed by atoms with Crippen molar-refractivity contribution in [1.82, 2.24) is 9.97 Å². The summed E-state index contributed by atoms with van der Waals surface area (Å²) in [7, 11) is -3.51. The normalized spacial score (nSPS) is 11.7. The molecule has 0 aliphatic heterocycles. The van der Waals surface area contributed by atoms with Crippen molar-refractivity contribution in [3.05, 3.63) is 51.4 Å². The van der Waals surface area contributed by atoms with Gasteiger partial charge < -0.3 is 15.2 Å². The van der Waals surface area contributed by atoms with Gasteiger partial charge in [-0.2, -0.15) is 0 Å². The number of amides is 1. The summed E-state index contributed by atoms with van der Waals surface area (Å²) in [6.07, 6.45) is 3.74. The van der Waals surface area contributed by atoms with Gasteiger partial charge in [-0.1, -0.05) is 11.6 Å². The minimum Gasteiger partial charge on any atom is -0.478 e. The van der Waals surface area contributed by atoms with Gasteiger partial charge in [0.25, 0.3) is 5.91 Å². The number of benzene rings is 1. The van der Waals surface area contributed by atoms with Crippen LogP contribution in [0.15, 0.2) is 36.7 Å². The standard InChI is InChI=1S/C21H21ClN4O6S2/c1-11-16(18-23-9-15(10-24-18)32-21(2,3)20(28)29)8-17(33-11)19(27)25-13-5-12(22)6-14(7-13)26-34(4,30)31/h5-10,26H,1-4H3,(H,25,27)(H,28,29). The number of aromatic nitrogens is 2. The van der Waals surface area contributed by atoms with E-state index in [-0.39, 0.29) is 16.5 Å². The molecule has 3 N–H and O–H groups in total. The van der Waals surface area contributed by atoms with Crippen LogP contribution in [0.25, 0.3) is 11.4 Å². The lowest BCUT2D eigenvalue weighted by atomic mass is 10.1. The Morgan fingerprint density at radius 1 is 1.12 bits per heavy atom. The maximum atomic E-state index is 12.8. The highest BCUT2D eigenvalue weighted by atomic mass is 35.5. The molecule has 13 heteroatoms. The fraction of sp³-hybridized carbons (Fsp3) is 0.238. The Morgan fingerprint density at radius 2 is 1.74 bits per heavy atom. The van der Waals surface area contributed by atoms with E-state index < -0.39 is 27.5 Å². The predicted molar refractivity (Wildman–Crippen MR) is 130 cm³/mol. The molecular weight excluding hydrogens is 504 g/mol. The molecule has 0 saturated heterocycles. The van der Waals surface area contributed by atoms with E-state index in [0.29, 0.717) is 22.0 Å². The zero-order valence-corrected chi connectivity index (χ0v) is 20.9. The lowest BCUT2D eigenvalue weighted by molar-refractivity contribution is -0.152. The summed E-state index contributed by atoms with van der Waals surface area (Å²) in [5.41, 5.74) is -0.277. The molecule has 2 heterocycles. The zero-order valence-electron chi connectivity index (χ0n) is 18.5. The minimum atomic E-state index is -3.51. The first-order valence-electron chi connectivity index (χ1n) is 9.68. The summed E-state index contributed by atoms with van der Waals surface area (Å²) in [5, 5.41) is 12.1. The van der Waals surface area contributed by atoms with Gasteiger partial charge in [0.15, 0.2) is 17.2 Å². The molecule has 0 radical (unpaired) electrons. The molecule has 0 bridgehead atoms.